The van der Waals surface area contributed by atoms with Crippen LogP contribution in [0.15, 0.2) is 55.1 Å². The van der Waals surface area contributed by atoms with E-state index in [-0.39, 0.29) is 11.8 Å². The Kier molecular flexibility index (Phi) is 6.16. The van der Waals surface area contributed by atoms with Gasteiger partial charge in [-0.1, -0.05) is 54.0 Å². The van der Waals surface area contributed by atoms with Crippen LogP contribution in [0, 0.1) is 11.8 Å². The average Bonchev–Trinajstić information content (AvgIpc) is 3.32. The van der Waals surface area contributed by atoms with E-state index in [0.717, 1.165) is 42.9 Å². The lowest BCUT2D eigenvalue weighted by Crippen LogP contribution is -2.35. The molecule has 6 heteroatoms. The number of hydrogen-bond acceptors (Lipinski definition) is 2. The Morgan fingerprint density at radius 3 is 2.23 bits per heavy atom. The molecule has 4 nitrogen and oxygen atoms in total. The summed E-state index contributed by atoms with van der Waals surface area (Å²) >= 11 is 12.7. The molecular weight excluding hydrogens is 419 g/mol. The van der Waals surface area contributed by atoms with Gasteiger partial charge in [0.25, 0.3) is 0 Å². The second-order valence-electron chi connectivity index (χ2n) is 8.06. The number of likely N-dealkylation sites (tertiary alicyclic amines) is 2. The molecule has 2 amide bonds. The fourth-order valence-electron chi connectivity index (χ4n) is 4.53. The lowest BCUT2D eigenvalue weighted by Gasteiger charge is -2.21. The largest absolute Gasteiger partial charge is 0.342 e. The first-order chi connectivity index (χ1) is 14.5. The van der Waals surface area contributed by atoms with Crippen molar-refractivity contribution in [1.29, 1.82) is 0 Å². The molecule has 2 saturated heterocycles. The van der Waals surface area contributed by atoms with Gasteiger partial charge in [0.2, 0.25) is 11.8 Å². The maximum Gasteiger partial charge on any atom is 0.245 e. The highest BCUT2D eigenvalue weighted by atomic mass is 35.5. The third kappa shape index (κ3) is 4.26. The van der Waals surface area contributed by atoms with Crippen molar-refractivity contribution < 1.29 is 9.59 Å². The van der Waals surface area contributed by atoms with Gasteiger partial charge in [-0.25, -0.2) is 0 Å². The molecule has 2 aliphatic rings. The molecular formula is C24H24Cl2N2O2. The van der Waals surface area contributed by atoms with Crippen molar-refractivity contribution >= 4 is 35.0 Å². The maximum absolute atomic E-state index is 12.8. The molecule has 2 unspecified atom stereocenters. The summed E-state index contributed by atoms with van der Waals surface area (Å²) in [5.41, 5.74) is 2.84. The number of hydrogen-bond donors (Lipinski definition) is 0. The highest BCUT2D eigenvalue weighted by Crippen LogP contribution is 2.34. The Labute approximate surface area is 187 Å². The van der Waals surface area contributed by atoms with Crippen LogP contribution in [-0.2, 0) is 16.0 Å². The number of amides is 2. The maximum atomic E-state index is 12.8. The van der Waals surface area contributed by atoms with Gasteiger partial charge in [0.15, 0.2) is 0 Å². The van der Waals surface area contributed by atoms with E-state index >= 15 is 0 Å². The fourth-order valence-corrected chi connectivity index (χ4v) is 4.99. The molecule has 156 valence electrons. The minimum atomic E-state index is -0.0145. The predicted molar refractivity (Wildman–Crippen MR) is 121 cm³/mol. The smallest absolute Gasteiger partial charge is 0.245 e. The molecule has 2 aliphatic heterocycles. The van der Waals surface area contributed by atoms with E-state index in [4.69, 9.17) is 23.2 Å². The SMILES string of the molecule is C=CC(=O)N1CC2CN(C(=O)CCc3ccc(Cl)c(-c4ccccc4Cl)c3)CC2C1. The van der Waals surface area contributed by atoms with Crippen molar-refractivity contribution in [3.8, 4) is 11.1 Å². The summed E-state index contributed by atoms with van der Waals surface area (Å²) in [5.74, 6) is 0.903. The van der Waals surface area contributed by atoms with Gasteiger partial charge in [0.05, 0.1) is 0 Å². The highest BCUT2D eigenvalue weighted by molar-refractivity contribution is 6.36. The fraction of sp³-hybridized carbons (Fsp3) is 0.333. The van der Waals surface area contributed by atoms with E-state index in [1.54, 1.807) is 0 Å². The van der Waals surface area contributed by atoms with Crippen LogP contribution in [0.2, 0.25) is 10.0 Å². The van der Waals surface area contributed by atoms with Gasteiger partial charge in [-0.2, -0.15) is 0 Å². The summed E-state index contributed by atoms with van der Waals surface area (Å²) in [7, 11) is 0. The lowest BCUT2D eigenvalue weighted by atomic mass is 10.0. The summed E-state index contributed by atoms with van der Waals surface area (Å²) in [5, 5.41) is 1.30. The van der Waals surface area contributed by atoms with Crippen LogP contribution in [0.4, 0.5) is 0 Å². The van der Waals surface area contributed by atoms with Crippen LogP contribution in [-0.4, -0.2) is 47.8 Å². The van der Waals surface area contributed by atoms with Gasteiger partial charge in [0, 0.05) is 65.6 Å². The summed E-state index contributed by atoms with van der Waals surface area (Å²) in [4.78, 5) is 28.4. The summed E-state index contributed by atoms with van der Waals surface area (Å²) in [6, 6.07) is 13.5. The Morgan fingerprint density at radius 1 is 0.933 bits per heavy atom. The van der Waals surface area contributed by atoms with Crippen molar-refractivity contribution in [1.82, 2.24) is 9.80 Å². The average molecular weight is 443 g/mol. The molecule has 0 N–H and O–H groups in total. The van der Waals surface area contributed by atoms with Gasteiger partial charge >= 0.3 is 0 Å². The minimum absolute atomic E-state index is 0.0145. The third-order valence-electron chi connectivity index (χ3n) is 6.15. The van der Waals surface area contributed by atoms with Gasteiger partial charge in [-0.05, 0) is 36.3 Å². The Hall–Kier alpha value is -2.30. The van der Waals surface area contributed by atoms with Gasteiger partial charge < -0.3 is 9.80 Å². The van der Waals surface area contributed by atoms with Crippen LogP contribution >= 0.6 is 23.2 Å². The third-order valence-corrected chi connectivity index (χ3v) is 6.81. The zero-order chi connectivity index (χ0) is 21.3. The van der Waals surface area contributed by atoms with Gasteiger partial charge in [0.1, 0.15) is 0 Å². The molecule has 0 spiro atoms. The van der Waals surface area contributed by atoms with E-state index < -0.39 is 0 Å². The first kappa shape index (κ1) is 21.0. The summed E-state index contributed by atoms with van der Waals surface area (Å²) in [6.45, 7) is 6.46. The topological polar surface area (TPSA) is 40.6 Å². The molecule has 2 aromatic carbocycles. The van der Waals surface area contributed by atoms with Crippen molar-refractivity contribution in [2.45, 2.75) is 12.8 Å². The van der Waals surface area contributed by atoms with Gasteiger partial charge in [-0.3, -0.25) is 9.59 Å². The molecule has 0 bridgehead atoms. The monoisotopic (exact) mass is 442 g/mol. The number of fused-ring (bicyclic) bond motifs is 1. The van der Waals surface area contributed by atoms with Crippen molar-refractivity contribution in [2.24, 2.45) is 11.8 Å². The van der Waals surface area contributed by atoms with Crippen molar-refractivity contribution in [3.63, 3.8) is 0 Å². The molecule has 4 rings (SSSR count). The van der Waals surface area contributed by atoms with Crippen LogP contribution in [0.1, 0.15) is 12.0 Å². The molecule has 0 saturated carbocycles. The summed E-state index contributed by atoms with van der Waals surface area (Å²) in [6.07, 6.45) is 2.48. The number of rotatable bonds is 5. The van der Waals surface area contributed by atoms with Crippen LogP contribution in [0.25, 0.3) is 11.1 Å². The second kappa shape index (κ2) is 8.83. The zero-order valence-corrected chi connectivity index (χ0v) is 18.2. The van der Waals surface area contributed by atoms with Crippen LogP contribution < -0.4 is 0 Å². The lowest BCUT2D eigenvalue weighted by molar-refractivity contribution is -0.130. The standard InChI is InChI=1S/C24H24Cl2N2O2/c1-2-23(29)27-12-17-14-28(15-18(17)13-27)24(30)10-8-16-7-9-22(26)20(11-16)19-5-3-4-6-21(19)25/h2-7,9,11,17-18H,1,8,10,12-15H2. The first-order valence-electron chi connectivity index (χ1n) is 10.2. The van der Waals surface area contributed by atoms with Crippen LogP contribution in [0.3, 0.4) is 0 Å². The van der Waals surface area contributed by atoms with E-state index in [1.807, 2.05) is 52.3 Å². The number of carbonyl (C=O) groups is 2. The Morgan fingerprint density at radius 2 is 1.57 bits per heavy atom. The predicted octanol–water partition coefficient (Wildman–Crippen LogP) is 4.70. The van der Waals surface area contributed by atoms with Crippen molar-refractivity contribution in [2.75, 3.05) is 26.2 Å². The number of aryl methyl sites for hydroxylation is 1. The number of benzene rings is 2. The van der Waals surface area contributed by atoms with E-state index in [9.17, 15) is 9.59 Å². The first-order valence-corrected chi connectivity index (χ1v) is 10.9. The van der Waals surface area contributed by atoms with Crippen molar-refractivity contribution in [3.05, 3.63) is 70.7 Å². The molecule has 2 heterocycles. The molecule has 2 atom stereocenters. The number of carbonyl (C=O) groups excluding carboxylic acids is 2. The molecule has 2 aromatic rings. The molecule has 0 aromatic heterocycles. The zero-order valence-electron chi connectivity index (χ0n) is 16.7. The number of halogens is 2. The molecule has 0 radical (unpaired) electrons. The Bertz CT molecular complexity index is 977. The number of nitrogens with zero attached hydrogens (tertiary/aromatic N) is 2. The molecule has 30 heavy (non-hydrogen) atoms. The normalized spacial score (nSPS) is 20.3. The second-order valence-corrected chi connectivity index (χ2v) is 8.87. The van der Waals surface area contributed by atoms with E-state index in [1.165, 1.54) is 6.08 Å². The van der Waals surface area contributed by atoms with Crippen LogP contribution in [0.5, 0.6) is 0 Å². The van der Waals surface area contributed by atoms with E-state index in [2.05, 4.69) is 6.58 Å². The minimum Gasteiger partial charge on any atom is -0.342 e. The highest BCUT2D eigenvalue weighted by Gasteiger charge is 2.42. The summed E-state index contributed by atoms with van der Waals surface area (Å²) < 4.78 is 0. The molecule has 2 fully saturated rings. The Balaban J connectivity index is 1.36. The molecule has 0 aliphatic carbocycles. The van der Waals surface area contributed by atoms with E-state index in [0.29, 0.717) is 34.7 Å². The van der Waals surface area contributed by atoms with Gasteiger partial charge in [-0.15, -0.1) is 0 Å². The quantitative estimate of drug-likeness (QED) is 0.629.